The maximum Gasteiger partial charge on any atom is 0.251 e. The van der Waals surface area contributed by atoms with Crippen LogP contribution in [-0.2, 0) is 20.0 Å². The molecular formula is C22H29N3O6S2. The summed E-state index contributed by atoms with van der Waals surface area (Å²) in [5, 5.41) is 2.68. The van der Waals surface area contributed by atoms with Gasteiger partial charge in [-0.25, -0.2) is 21.1 Å². The molecule has 2 aromatic carbocycles. The minimum absolute atomic E-state index is 0.0380. The predicted molar refractivity (Wildman–Crippen MR) is 124 cm³/mol. The summed E-state index contributed by atoms with van der Waals surface area (Å²) in [5.41, 5.74) is 0.227. The number of hydrogen-bond acceptors (Lipinski definition) is 6. The van der Waals surface area contributed by atoms with E-state index in [0.29, 0.717) is 18.8 Å². The van der Waals surface area contributed by atoms with Crippen LogP contribution in [0.5, 0.6) is 5.75 Å². The summed E-state index contributed by atoms with van der Waals surface area (Å²) in [4.78, 5) is 12.6. The van der Waals surface area contributed by atoms with Gasteiger partial charge in [-0.3, -0.25) is 4.79 Å². The Balaban J connectivity index is 1.52. The lowest BCUT2D eigenvalue weighted by Gasteiger charge is -2.25. The van der Waals surface area contributed by atoms with E-state index in [9.17, 15) is 21.6 Å². The standard InChI is InChI=1S/C22H29N3O6S2/c1-24(2)32(27,28)21-8-6-7-18(17-21)22(26)23-13-16-31-19-9-11-20(12-10-19)33(29,30)25-14-4-3-5-15-25/h6-12,17H,3-5,13-16H2,1-2H3,(H,23,26). The normalized spacial score (nSPS) is 15.4. The first kappa shape index (κ1) is 25.2. The number of hydrogen-bond donors (Lipinski definition) is 1. The Morgan fingerprint density at radius 3 is 2.27 bits per heavy atom. The zero-order valence-corrected chi connectivity index (χ0v) is 20.4. The molecule has 1 amide bonds. The van der Waals surface area contributed by atoms with Gasteiger partial charge in [-0.05, 0) is 55.3 Å². The highest BCUT2D eigenvalue weighted by Crippen LogP contribution is 2.22. The third-order valence-corrected chi connectivity index (χ3v) is 9.03. The first-order valence-electron chi connectivity index (χ1n) is 10.7. The molecule has 180 valence electrons. The smallest absolute Gasteiger partial charge is 0.251 e. The maximum absolute atomic E-state index is 12.7. The van der Waals surface area contributed by atoms with Crippen LogP contribution < -0.4 is 10.1 Å². The number of ether oxygens (including phenoxy) is 1. The first-order valence-corrected chi connectivity index (χ1v) is 13.5. The van der Waals surface area contributed by atoms with Gasteiger partial charge in [0.1, 0.15) is 12.4 Å². The van der Waals surface area contributed by atoms with Gasteiger partial charge in [0.2, 0.25) is 20.0 Å². The average Bonchev–Trinajstić information content (AvgIpc) is 2.82. The second kappa shape index (κ2) is 10.6. The summed E-state index contributed by atoms with van der Waals surface area (Å²) >= 11 is 0. The molecule has 0 radical (unpaired) electrons. The van der Waals surface area contributed by atoms with E-state index in [4.69, 9.17) is 4.74 Å². The number of nitrogens with one attached hydrogen (secondary N) is 1. The molecule has 0 atom stereocenters. The fourth-order valence-corrected chi connectivity index (χ4v) is 5.87. The number of benzene rings is 2. The Morgan fingerprint density at radius 1 is 0.970 bits per heavy atom. The first-order chi connectivity index (χ1) is 15.6. The van der Waals surface area contributed by atoms with E-state index >= 15 is 0 Å². The zero-order valence-electron chi connectivity index (χ0n) is 18.7. The number of rotatable bonds is 9. The van der Waals surface area contributed by atoms with E-state index in [0.717, 1.165) is 23.6 Å². The number of carbonyl (C=O) groups is 1. The molecule has 1 N–H and O–H groups in total. The molecule has 0 aromatic heterocycles. The molecular weight excluding hydrogens is 466 g/mol. The van der Waals surface area contributed by atoms with Crippen molar-refractivity contribution in [1.29, 1.82) is 0 Å². The van der Waals surface area contributed by atoms with Crippen LogP contribution in [0.2, 0.25) is 0 Å². The Hall–Kier alpha value is -2.47. The number of amides is 1. The number of piperidine rings is 1. The van der Waals surface area contributed by atoms with E-state index in [1.165, 1.54) is 54.8 Å². The van der Waals surface area contributed by atoms with E-state index in [2.05, 4.69) is 5.32 Å². The van der Waals surface area contributed by atoms with Gasteiger partial charge in [-0.15, -0.1) is 0 Å². The predicted octanol–water partition coefficient (Wildman–Crippen LogP) is 1.92. The lowest BCUT2D eigenvalue weighted by molar-refractivity contribution is 0.0946. The van der Waals surface area contributed by atoms with Crippen molar-refractivity contribution in [3.05, 3.63) is 54.1 Å². The van der Waals surface area contributed by atoms with Gasteiger partial charge in [0.25, 0.3) is 5.91 Å². The van der Waals surface area contributed by atoms with Crippen LogP contribution in [0.25, 0.3) is 0 Å². The van der Waals surface area contributed by atoms with Crippen LogP contribution in [0.15, 0.2) is 58.3 Å². The molecule has 3 rings (SSSR count). The molecule has 1 aliphatic rings. The third-order valence-electron chi connectivity index (χ3n) is 5.31. The zero-order chi connectivity index (χ0) is 24.1. The molecule has 0 aliphatic carbocycles. The molecule has 9 nitrogen and oxygen atoms in total. The van der Waals surface area contributed by atoms with Gasteiger partial charge < -0.3 is 10.1 Å². The van der Waals surface area contributed by atoms with Crippen molar-refractivity contribution in [3.63, 3.8) is 0 Å². The van der Waals surface area contributed by atoms with Crippen molar-refractivity contribution < 1.29 is 26.4 Å². The van der Waals surface area contributed by atoms with Crippen LogP contribution >= 0.6 is 0 Å². The number of sulfonamides is 2. The van der Waals surface area contributed by atoms with Gasteiger partial charge in [0.05, 0.1) is 16.3 Å². The van der Waals surface area contributed by atoms with E-state index in [1.807, 2.05) is 0 Å². The third kappa shape index (κ3) is 6.11. The molecule has 1 aliphatic heterocycles. The molecule has 2 aromatic rings. The highest BCUT2D eigenvalue weighted by molar-refractivity contribution is 7.89. The monoisotopic (exact) mass is 495 g/mol. The van der Waals surface area contributed by atoms with Crippen LogP contribution in [0, 0.1) is 0 Å². The fourth-order valence-electron chi connectivity index (χ4n) is 3.41. The Bertz CT molecular complexity index is 1170. The molecule has 1 saturated heterocycles. The van der Waals surface area contributed by atoms with Gasteiger partial charge in [0, 0.05) is 32.7 Å². The number of carbonyl (C=O) groups excluding carboxylic acids is 1. The summed E-state index contributed by atoms with van der Waals surface area (Å²) in [6, 6.07) is 12.0. The lowest BCUT2D eigenvalue weighted by Crippen LogP contribution is -2.35. The molecule has 0 spiro atoms. The van der Waals surface area contributed by atoms with Gasteiger partial charge >= 0.3 is 0 Å². The van der Waals surface area contributed by atoms with Crippen molar-refractivity contribution in [1.82, 2.24) is 13.9 Å². The molecule has 33 heavy (non-hydrogen) atoms. The van der Waals surface area contributed by atoms with Crippen molar-refractivity contribution in [3.8, 4) is 5.75 Å². The average molecular weight is 496 g/mol. The maximum atomic E-state index is 12.7. The molecule has 0 saturated carbocycles. The largest absolute Gasteiger partial charge is 0.492 e. The summed E-state index contributed by atoms with van der Waals surface area (Å²) in [5.74, 6) is 0.0679. The van der Waals surface area contributed by atoms with Gasteiger partial charge in [0.15, 0.2) is 0 Å². The van der Waals surface area contributed by atoms with Crippen molar-refractivity contribution in [2.75, 3.05) is 40.3 Å². The van der Waals surface area contributed by atoms with Crippen LogP contribution in [-0.4, -0.2) is 71.7 Å². The Labute approximate surface area is 195 Å². The van der Waals surface area contributed by atoms with E-state index < -0.39 is 26.0 Å². The SMILES string of the molecule is CN(C)S(=O)(=O)c1cccc(C(=O)NCCOc2ccc(S(=O)(=O)N3CCCCC3)cc2)c1. The molecule has 0 unspecified atom stereocenters. The second-order valence-electron chi connectivity index (χ2n) is 7.86. The Morgan fingerprint density at radius 2 is 1.64 bits per heavy atom. The van der Waals surface area contributed by atoms with Gasteiger partial charge in [-0.2, -0.15) is 4.31 Å². The van der Waals surface area contributed by atoms with Crippen molar-refractivity contribution >= 4 is 26.0 Å². The minimum Gasteiger partial charge on any atom is -0.492 e. The topological polar surface area (TPSA) is 113 Å². The van der Waals surface area contributed by atoms with Crippen molar-refractivity contribution in [2.24, 2.45) is 0 Å². The highest BCUT2D eigenvalue weighted by Gasteiger charge is 2.25. The highest BCUT2D eigenvalue weighted by atomic mass is 32.2. The lowest BCUT2D eigenvalue weighted by atomic mass is 10.2. The summed E-state index contributed by atoms with van der Waals surface area (Å²) < 4.78 is 58.0. The minimum atomic E-state index is -3.63. The summed E-state index contributed by atoms with van der Waals surface area (Å²) in [7, 11) is -4.27. The fraction of sp³-hybridized carbons (Fsp3) is 0.409. The van der Waals surface area contributed by atoms with Crippen LogP contribution in [0.1, 0.15) is 29.6 Å². The molecule has 1 heterocycles. The number of nitrogens with zero attached hydrogens (tertiary/aromatic N) is 2. The van der Waals surface area contributed by atoms with Crippen molar-refractivity contribution in [2.45, 2.75) is 29.1 Å². The van der Waals surface area contributed by atoms with E-state index in [1.54, 1.807) is 12.1 Å². The second-order valence-corrected chi connectivity index (χ2v) is 11.9. The van der Waals surface area contributed by atoms with Crippen LogP contribution in [0.3, 0.4) is 0 Å². The summed E-state index contributed by atoms with van der Waals surface area (Å²) in [6.45, 7) is 1.45. The summed E-state index contributed by atoms with van der Waals surface area (Å²) in [6.07, 6.45) is 2.81. The molecule has 11 heteroatoms. The Kier molecular flexibility index (Phi) is 8.11. The molecule has 0 bridgehead atoms. The van der Waals surface area contributed by atoms with E-state index in [-0.39, 0.29) is 28.5 Å². The molecule has 1 fully saturated rings. The van der Waals surface area contributed by atoms with Gasteiger partial charge in [-0.1, -0.05) is 12.5 Å². The quantitative estimate of drug-likeness (QED) is 0.532. The van der Waals surface area contributed by atoms with Crippen LogP contribution in [0.4, 0.5) is 0 Å².